The van der Waals surface area contributed by atoms with Crippen LogP contribution in [-0.4, -0.2) is 508 Å². The SMILES string of the molecule is O=C(O)CCCSC[C@H]1O[C@@H]2O[C@H]3[C@H](O)[C@@H](O)[C@@H](O[C@H]4[C@H](O)[C@@H](O)[C@@H](O[C@H]5[C@H](O)[C@@H](O)[C@@H](O[C@H]6[C@H](O)[C@@H](O)[C@@H](O[C@H]7[C@H](O)[C@@H](O)[C@@H](O[C@H]8[C@H](O)[C@@H](O)[C@@H](O[C@H]9[C@H](O)[C@@H](O)[C@@H](O[C@H]1[C@H](O)[C@H]2O)O[C@@H]9CSCCCC(=O)O)O[C@@H]8CSCCCC(=O)O)O[C@@H]7CSCCCC(=O)O)O[C@@H]6CSCCCC(=O)O)O[C@@H]5CSCCCC(=O)O)O[C@@H]4CSCCCC(=O)O)O[C@@H]3CSCCCC(=O)O. The normalized spacial score (nSPS) is 39.8. The third-order valence-electron chi connectivity index (χ3n) is 23.1. The van der Waals surface area contributed by atoms with Crippen LogP contribution in [-0.2, 0) is 114 Å². The predicted molar refractivity (Wildman–Crippen MR) is 478 cm³/mol. The maximum Gasteiger partial charge on any atom is 0.303 e. The second-order valence-electron chi connectivity index (χ2n) is 33.6. The quantitative estimate of drug-likeness (QED) is 0.0255. The second-order valence-corrected chi connectivity index (χ2v) is 42.8. The van der Waals surface area contributed by atoms with Crippen LogP contribution in [0.5, 0.6) is 0 Å². The van der Waals surface area contributed by atoms with Crippen LogP contribution < -0.4 is 0 Å². The average molecular weight is 2110 g/mol. The van der Waals surface area contributed by atoms with E-state index in [9.17, 15) is 161 Å². The number of aliphatic hydroxyl groups excluding tert-OH is 16. The fourth-order valence-electron chi connectivity index (χ4n) is 16.0. The standard InChI is InChI=1S/C80H128O48S8/c81-41(82)9-1-17-129-25-33-65-49(97)57(105)73(113-33)122-66-34(26-130-18-2-10-42(83)84)115-75(59(107)51(66)99)124-68-36(28-132-20-4-12-44(87)88)117-77(61(109)53(68)101)126-70-38(30-134-22-6-14-46(91)92)119-79(63(111)55(70)103)128-72-40(32-136-24-8-16-48(95)96)120-80(64(112)56(72)104)127-71-39(31-135-23-7-15-47(93)94)118-78(62(110)54(71)102)125-69-37(29-133-21-5-13-45(89)90)116-76(60(108)52(69)100)123-67-35(27-131-19-3-11-43(85)86)114-74(121-65)58(106)50(67)98/h33-40,49-80,97-112H,1-32H2,(H,81,82)(H,83,84)(H,85,86)(H,87,88)(H,89,90)(H,91,92)(H,93,94)(H,95,96)/t33-,34-,35-,36-,37-,38-,39-,40-,49-,50-,51-,52-,53-,54-,55-,56-,57-,58-,59-,60-,61-,62-,63-,64-,65-,66-,67-,68-,69-,70-,71-,72-,73-,74-,75-,76-,77-,78-,79-,80-/m1/s1. The maximum atomic E-state index is 12.4. The molecule has 56 heteroatoms. The summed E-state index contributed by atoms with van der Waals surface area (Å²) in [6, 6.07) is 0. The van der Waals surface area contributed by atoms with E-state index in [0.717, 1.165) is 94.1 Å². The predicted octanol–water partition coefficient (Wildman–Crippen LogP) is -4.56. The zero-order chi connectivity index (χ0) is 99.3. The topological polar surface area (TPSA) is 770 Å². The van der Waals surface area contributed by atoms with Gasteiger partial charge in [-0.15, -0.1) is 0 Å². The molecule has 0 aliphatic carbocycles. The summed E-state index contributed by atoms with van der Waals surface area (Å²) in [6.45, 7) is 0. The van der Waals surface area contributed by atoms with Crippen LogP contribution in [0.15, 0.2) is 0 Å². The summed E-state index contributed by atoms with van der Waals surface area (Å²) < 4.78 is 102. The van der Waals surface area contributed by atoms with E-state index in [-0.39, 0.29) is 195 Å². The van der Waals surface area contributed by atoms with Crippen LogP contribution in [0.1, 0.15) is 103 Å². The van der Waals surface area contributed by atoms with Crippen molar-refractivity contribution in [3.8, 4) is 0 Å². The lowest BCUT2D eigenvalue weighted by Crippen LogP contribution is -2.69. The molecule has 0 spiro atoms. The Morgan fingerprint density at radius 2 is 0.250 bits per heavy atom. The molecule has 0 unspecified atom stereocenters. The van der Waals surface area contributed by atoms with Crippen LogP contribution in [0.3, 0.4) is 0 Å². The monoisotopic (exact) mass is 2110 g/mol. The highest BCUT2D eigenvalue weighted by Crippen LogP contribution is 2.43. The van der Waals surface area contributed by atoms with Crippen molar-refractivity contribution >= 4 is 142 Å². The number of carboxylic acid groups (broad SMARTS) is 8. The zero-order valence-corrected chi connectivity index (χ0v) is 80.1. The van der Waals surface area contributed by atoms with Crippen LogP contribution >= 0.6 is 94.1 Å². The van der Waals surface area contributed by atoms with E-state index in [2.05, 4.69) is 0 Å². The van der Waals surface area contributed by atoms with Crippen molar-refractivity contribution in [1.82, 2.24) is 0 Å². The highest BCUT2D eigenvalue weighted by atomic mass is 32.2. The zero-order valence-electron chi connectivity index (χ0n) is 73.5. The van der Waals surface area contributed by atoms with E-state index in [4.69, 9.17) is 75.8 Å². The number of hydrogen-bond acceptors (Lipinski definition) is 48. The van der Waals surface area contributed by atoms with Crippen molar-refractivity contribution in [2.24, 2.45) is 0 Å². The van der Waals surface area contributed by atoms with Gasteiger partial charge in [0.15, 0.2) is 50.3 Å². The van der Waals surface area contributed by atoms with Crippen LogP contribution in [0, 0.1) is 0 Å². The first-order valence-electron chi connectivity index (χ1n) is 44.5. The van der Waals surface area contributed by atoms with Gasteiger partial charge in [0, 0.05) is 97.4 Å². The first-order valence-corrected chi connectivity index (χ1v) is 53.7. The minimum atomic E-state index is -2.28. The lowest BCUT2D eigenvalue weighted by atomic mass is 9.95. The summed E-state index contributed by atoms with van der Waals surface area (Å²) in [5, 5.41) is 274. The summed E-state index contributed by atoms with van der Waals surface area (Å²) >= 11 is 8.31. The highest BCUT2D eigenvalue weighted by molar-refractivity contribution is 8.00. The van der Waals surface area contributed by atoms with Crippen LogP contribution in [0.2, 0.25) is 0 Å². The largest absolute Gasteiger partial charge is 0.481 e. The fraction of sp³-hybridized carbons (Fsp3) is 0.900. The van der Waals surface area contributed by atoms with Crippen molar-refractivity contribution in [3.63, 3.8) is 0 Å². The first-order chi connectivity index (χ1) is 64.7. The van der Waals surface area contributed by atoms with Gasteiger partial charge >= 0.3 is 47.8 Å². The van der Waals surface area contributed by atoms with E-state index in [1.807, 2.05) is 0 Å². The molecular weight excluding hydrogens is 1990 g/mol. The minimum Gasteiger partial charge on any atom is -0.481 e. The molecule has 48 nitrogen and oxygen atoms in total. The molecule has 30 fully saturated rings. The summed E-state index contributed by atoms with van der Waals surface area (Å²) in [5.41, 5.74) is 0. The van der Waals surface area contributed by atoms with Crippen LogP contribution in [0.4, 0.5) is 0 Å². The molecule has 16 bridgehead atoms. The van der Waals surface area contributed by atoms with Gasteiger partial charge in [-0.25, -0.2) is 0 Å². The number of rotatable bonds is 48. The molecule has 30 saturated heterocycles. The third-order valence-corrected chi connectivity index (χ3v) is 32.3. The van der Waals surface area contributed by atoms with Gasteiger partial charge in [0.2, 0.25) is 0 Å². The highest BCUT2D eigenvalue weighted by Gasteiger charge is 2.61. The smallest absolute Gasteiger partial charge is 0.303 e. The van der Waals surface area contributed by atoms with Gasteiger partial charge in [-0.1, -0.05) is 0 Å². The summed E-state index contributed by atoms with van der Waals surface area (Å²) in [7, 11) is 0. The van der Waals surface area contributed by atoms with Gasteiger partial charge in [0.05, 0.1) is 48.8 Å². The molecule has 30 aliphatic rings. The summed E-state index contributed by atoms with van der Waals surface area (Å²) in [4.78, 5) is 93.5. The third kappa shape index (κ3) is 34.7. The molecule has 30 rings (SSSR count). The maximum absolute atomic E-state index is 12.4. The molecule has 0 aromatic rings. The van der Waals surface area contributed by atoms with Crippen molar-refractivity contribution in [2.45, 2.75) is 348 Å². The van der Waals surface area contributed by atoms with Gasteiger partial charge in [-0.3, -0.25) is 38.4 Å². The van der Waals surface area contributed by atoms with Crippen molar-refractivity contribution < 1.29 is 237 Å². The molecule has 30 heterocycles. The number of hydrogen-bond donors (Lipinski definition) is 24. The van der Waals surface area contributed by atoms with E-state index in [1.165, 1.54) is 0 Å². The van der Waals surface area contributed by atoms with Crippen molar-refractivity contribution in [3.05, 3.63) is 0 Å². The summed E-state index contributed by atoms with van der Waals surface area (Å²) in [6.07, 6.45) is -81.9. The number of aliphatic hydroxyl groups is 16. The Hall–Kier alpha value is -2.72. The van der Waals surface area contributed by atoms with Crippen LogP contribution in [0.25, 0.3) is 0 Å². The Morgan fingerprint density at radius 1 is 0.154 bits per heavy atom. The lowest BCUT2D eigenvalue weighted by Gasteiger charge is -2.51. The Labute approximate surface area is 814 Å². The molecule has 784 valence electrons. The van der Waals surface area contributed by atoms with Gasteiger partial charge in [0.1, 0.15) is 146 Å². The van der Waals surface area contributed by atoms with Crippen molar-refractivity contribution in [2.75, 3.05) is 92.0 Å². The second kappa shape index (κ2) is 58.6. The van der Waals surface area contributed by atoms with E-state index in [0.29, 0.717) is 0 Å². The molecule has 0 saturated carbocycles. The first kappa shape index (κ1) is 117. The lowest BCUT2D eigenvalue weighted by molar-refractivity contribution is -0.396. The molecule has 24 N–H and O–H groups in total. The Balaban J connectivity index is 1.13. The van der Waals surface area contributed by atoms with E-state index in [1.54, 1.807) is 0 Å². The van der Waals surface area contributed by atoms with Crippen molar-refractivity contribution in [1.29, 1.82) is 0 Å². The molecule has 0 aromatic heterocycles. The number of carbonyl (C=O) groups is 8. The Morgan fingerprint density at radius 3 is 0.338 bits per heavy atom. The minimum absolute atomic E-state index is 0.0622. The van der Waals surface area contributed by atoms with E-state index < -0.39 is 293 Å². The average Bonchev–Trinajstić information content (AvgIpc) is 0.763. The Kier molecular flexibility index (Phi) is 50.3. The van der Waals surface area contributed by atoms with Gasteiger partial charge in [-0.05, 0) is 97.4 Å². The molecule has 0 amide bonds. The van der Waals surface area contributed by atoms with Gasteiger partial charge < -0.3 is 198 Å². The molecule has 136 heavy (non-hydrogen) atoms. The fourth-order valence-corrected chi connectivity index (χ4v) is 24.1. The number of ether oxygens (including phenoxy) is 16. The number of aliphatic carboxylic acids is 8. The molecule has 30 aliphatic heterocycles. The van der Waals surface area contributed by atoms with Gasteiger partial charge in [0.25, 0.3) is 0 Å². The molecule has 0 radical (unpaired) electrons. The molecular formula is C80H128O48S8. The number of carboxylic acids is 8. The Bertz CT molecular complexity index is 2960. The molecule has 0 aromatic carbocycles. The molecule has 40 atom stereocenters. The summed E-state index contributed by atoms with van der Waals surface area (Å²) in [5.74, 6) is -10.7. The number of thioether (sulfide) groups is 8. The van der Waals surface area contributed by atoms with E-state index >= 15 is 0 Å². The van der Waals surface area contributed by atoms with Gasteiger partial charge in [-0.2, -0.15) is 94.1 Å².